The zero-order chi connectivity index (χ0) is 12.8. The van der Waals surface area contributed by atoms with Crippen LogP contribution in [-0.4, -0.2) is 51.1 Å². The van der Waals surface area contributed by atoms with Crippen LogP contribution in [0.25, 0.3) is 0 Å². The molecule has 0 aliphatic carbocycles. The Morgan fingerprint density at radius 3 is 2.83 bits per heavy atom. The highest BCUT2D eigenvalue weighted by molar-refractivity contribution is 6.53. The van der Waals surface area contributed by atoms with Crippen LogP contribution in [0.3, 0.4) is 0 Å². The highest BCUT2D eigenvalue weighted by atomic mass is 16.5. The zero-order valence-corrected chi connectivity index (χ0v) is 11.4. The first-order valence-corrected chi connectivity index (χ1v) is 6.82. The van der Waals surface area contributed by atoms with Gasteiger partial charge in [0.15, 0.2) is 0 Å². The maximum absolute atomic E-state index is 5.74. The van der Waals surface area contributed by atoms with Gasteiger partial charge < -0.3 is 14.9 Å². The first kappa shape index (κ1) is 13.6. The Kier molecular flexibility index (Phi) is 5.23. The van der Waals surface area contributed by atoms with Crippen molar-refractivity contribution < 1.29 is 4.74 Å². The van der Waals surface area contributed by atoms with Crippen molar-refractivity contribution in [2.45, 2.75) is 19.2 Å². The number of hydrogen-bond acceptors (Lipinski definition) is 3. The highest BCUT2D eigenvalue weighted by Crippen LogP contribution is 2.06. The van der Waals surface area contributed by atoms with E-state index in [2.05, 4.69) is 54.3 Å². The van der Waals surface area contributed by atoms with Crippen molar-refractivity contribution in [2.75, 3.05) is 33.3 Å². The van der Waals surface area contributed by atoms with Gasteiger partial charge in [-0.05, 0) is 13.4 Å². The molecular weight excluding hydrogens is 223 g/mol. The summed E-state index contributed by atoms with van der Waals surface area (Å²) >= 11 is 0. The van der Waals surface area contributed by atoms with Gasteiger partial charge >= 0.3 is 0 Å². The summed E-state index contributed by atoms with van der Waals surface area (Å²) in [5.74, 6) is 0. The summed E-state index contributed by atoms with van der Waals surface area (Å²) in [6.45, 7) is 6.62. The third-order valence-corrected chi connectivity index (χ3v) is 3.62. The van der Waals surface area contributed by atoms with Crippen LogP contribution in [0.5, 0.6) is 0 Å². The lowest BCUT2D eigenvalue weighted by atomic mass is 9.58. The van der Waals surface area contributed by atoms with E-state index < -0.39 is 0 Å². The summed E-state index contributed by atoms with van der Waals surface area (Å²) in [4.78, 5) is 2.39. The smallest absolute Gasteiger partial charge is 0.224 e. The number of morpholine rings is 1. The maximum Gasteiger partial charge on any atom is 0.224 e. The first-order valence-electron chi connectivity index (χ1n) is 6.82. The number of likely N-dealkylation sites (N-methyl/N-ethyl adjacent to an activating group) is 1. The van der Waals surface area contributed by atoms with Gasteiger partial charge in [0.25, 0.3) is 0 Å². The van der Waals surface area contributed by atoms with E-state index in [0.717, 1.165) is 32.6 Å². The minimum atomic E-state index is 0.335. The molecule has 1 saturated heterocycles. The number of ether oxygens (including phenoxy) is 1. The molecule has 1 atom stereocenters. The van der Waals surface area contributed by atoms with E-state index >= 15 is 0 Å². The van der Waals surface area contributed by atoms with Crippen LogP contribution >= 0.6 is 0 Å². The van der Waals surface area contributed by atoms with Crippen molar-refractivity contribution in [1.82, 2.24) is 10.1 Å². The van der Waals surface area contributed by atoms with E-state index in [4.69, 9.17) is 4.74 Å². The van der Waals surface area contributed by atoms with Crippen molar-refractivity contribution in [2.24, 2.45) is 0 Å². The second-order valence-electron chi connectivity index (χ2n) is 5.18. The molecule has 0 bridgehead atoms. The minimum Gasteiger partial charge on any atom is -0.374 e. The molecule has 1 N–H and O–H groups in total. The molecule has 0 aromatic heterocycles. The highest BCUT2D eigenvalue weighted by Gasteiger charge is 2.20. The van der Waals surface area contributed by atoms with Gasteiger partial charge in [-0.2, -0.15) is 0 Å². The molecule has 98 valence electrons. The number of nitrogens with one attached hydrogen (secondary N) is 1. The Labute approximate surface area is 111 Å². The molecule has 1 heterocycles. The molecule has 1 aromatic carbocycles. The molecule has 1 aromatic rings. The van der Waals surface area contributed by atoms with Crippen molar-refractivity contribution in [3.8, 4) is 0 Å². The predicted molar refractivity (Wildman–Crippen MR) is 77.0 cm³/mol. The van der Waals surface area contributed by atoms with Crippen molar-refractivity contribution in [3.05, 3.63) is 35.9 Å². The summed E-state index contributed by atoms with van der Waals surface area (Å²) in [7, 11) is 2.19. The lowest BCUT2D eigenvalue weighted by Gasteiger charge is -2.30. The standard InChI is InChI=1S/C14H23BN2O/c1-15(10-13-6-4-3-5-7-13)17(2)12-14-11-16-8-9-18-14/h3-7,14,16H,8-12H2,1-2H3/t14-/m1/s1. The van der Waals surface area contributed by atoms with Crippen LogP contribution in [-0.2, 0) is 11.1 Å². The van der Waals surface area contributed by atoms with E-state index in [1.807, 2.05) is 0 Å². The summed E-state index contributed by atoms with van der Waals surface area (Å²) in [6.07, 6.45) is 1.43. The fraction of sp³-hybridized carbons (Fsp3) is 0.571. The molecule has 4 heteroatoms. The number of rotatable bonds is 5. The molecule has 0 unspecified atom stereocenters. The monoisotopic (exact) mass is 246 g/mol. The summed E-state index contributed by atoms with van der Waals surface area (Å²) in [6, 6.07) is 10.7. The Morgan fingerprint density at radius 1 is 1.39 bits per heavy atom. The minimum absolute atomic E-state index is 0.335. The van der Waals surface area contributed by atoms with Crippen LogP contribution < -0.4 is 5.32 Å². The number of nitrogens with zero attached hydrogens (tertiary/aromatic N) is 1. The molecule has 0 saturated carbocycles. The summed E-state index contributed by atoms with van der Waals surface area (Å²) < 4.78 is 5.74. The molecule has 18 heavy (non-hydrogen) atoms. The van der Waals surface area contributed by atoms with Crippen LogP contribution in [0.2, 0.25) is 6.82 Å². The first-order chi connectivity index (χ1) is 8.75. The Morgan fingerprint density at radius 2 is 2.17 bits per heavy atom. The van der Waals surface area contributed by atoms with Gasteiger partial charge in [0.05, 0.1) is 12.7 Å². The van der Waals surface area contributed by atoms with Gasteiger partial charge in [-0.1, -0.05) is 42.7 Å². The van der Waals surface area contributed by atoms with Crippen molar-refractivity contribution >= 4 is 6.85 Å². The van der Waals surface area contributed by atoms with E-state index in [1.165, 1.54) is 5.56 Å². The SMILES string of the molecule is CB(Cc1ccccc1)N(C)C[C@H]1CNCCO1. The van der Waals surface area contributed by atoms with E-state index in [9.17, 15) is 0 Å². The molecule has 0 amide bonds. The normalized spacial score (nSPS) is 20.1. The molecule has 3 nitrogen and oxygen atoms in total. The van der Waals surface area contributed by atoms with Gasteiger partial charge in [-0.15, -0.1) is 0 Å². The average molecular weight is 246 g/mol. The Bertz CT molecular complexity index is 341. The lowest BCUT2D eigenvalue weighted by Crippen LogP contribution is -2.48. The van der Waals surface area contributed by atoms with Gasteiger partial charge in [-0.25, -0.2) is 0 Å². The summed E-state index contributed by atoms with van der Waals surface area (Å²) in [5.41, 5.74) is 1.40. The number of hydrogen-bond donors (Lipinski definition) is 1. The van der Waals surface area contributed by atoms with Crippen LogP contribution in [0.15, 0.2) is 30.3 Å². The third-order valence-electron chi connectivity index (χ3n) is 3.62. The molecule has 1 fully saturated rings. The fourth-order valence-corrected chi connectivity index (χ4v) is 2.35. The largest absolute Gasteiger partial charge is 0.374 e. The quantitative estimate of drug-likeness (QED) is 0.793. The van der Waals surface area contributed by atoms with Gasteiger partial charge in [0, 0.05) is 19.6 Å². The fourth-order valence-electron chi connectivity index (χ4n) is 2.35. The van der Waals surface area contributed by atoms with E-state index in [-0.39, 0.29) is 0 Å². The van der Waals surface area contributed by atoms with Crippen molar-refractivity contribution in [1.29, 1.82) is 0 Å². The van der Waals surface area contributed by atoms with Crippen LogP contribution in [0.4, 0.5) is 0 Å². The summed E-state index contributed by atoms with van der Waals surface area (Å²) in [5, 5.41) is 3.38. The molecule has 0 radical (unpaired) electrons. The molecule has 1 aliphatic rings. The molecule has 2 rings (SSSR count). The number of benzene rings is 1. The maximum atomic E-state index is 5.74. The van der Waals surface area contributed by atoms with Gasteiger partial charge in [-0.3, -0.25) is 0 Å². The average Bonchev–Trinajstić information content (AvgIpc) is 2.41. The second kappa shape index (κ2) is 6.93. The predicted octanol–water partition coefficient (Wildman–Crippen LogP) is 1.31. The second-order valence-corrected chi connectivity index (χ2v) is 5.18. The van der Waals surface area contributed by atoms with E-state index in [0.29, 0.717) is 13.0 Å². The topological polar surface area (TPSA) is 24.5 Å². The van der Waals surface area contributed by atoms with E-state index in [1.54, 1.807) is 0 Å². The third kappa shape index (κ3) is 4.12. The molecular formula is C14H23BN2O. The zero-order valence-electron chi connectivity index (χ0n) is 11.4. The molecule has 0 spiro atoms. The van der Waals surface area contributed by atoms with Crippen molar-refractivity contribution in [3.63, 3.8) is 0 Å². The Balaban J connectivity index is 1.79. The van der Waals surface area contributed by atoms with Gasteiger partial charge in [0.1, 0.15) is 0 Å². The van der Waals surface area contributed by atoms with Crippen LogP contribution in [0, 0.1) is 0 Å². The van der Waals surface area contributed by atoms with Crippen LogP contribution in [0.1, 0.15) is 5.56 Å². The van der Waals surface area contributed by atoms with Gasteiger partial charge in [0.2, 0.25) is 6.85 Å². The Hall–Kier alpha value is -0.835. The molecule has 1 aliphatic heterocycles. The lowest BCUT2D eigenvalue weighted by molar-refractivity contribution is 0.0199.